The Kier molecular flexibility index (Phi) is 3.13. The van der Waals surface area contributed by atoms with Gasteiger partial charge in [0.1, 0.15) is 11.5 Å². The maximum absolute atomic E-state index is 5.86. The second kappa shape index (κ2) is 4.26. The molecular weight excluding hydrogens is 270 g/mol. The van der Waals surface area contributed by atoms with Crippen LogP contribution in [0.5, 0.6) is 11.5 Å². The number of ether oxygens (including phenoxy) is 2. The van der Waals surface area contributed by atoms with Crippen LogP contribution in [0.25, 0.3) is 0 Å². The van der Waals surface area contributed by atoms with Gasteiger partial charge in [-0.15, -0.1) is 0 Å². The quantitative estimate of drug-likeness (QED) is 0.924. The molecule has 0 bridgehead atoms. The van der Waals surface area contributed by atoms with Crippen LogP contribution in [0, 0.1) is 0 Å². The Morgan fingerprint density at radius 2 is 1.75 bits per heavy atom. The monoisotopic (exact) mass is 285 g/mol. The third kappa shape index (κ3) is 1.80. The van der Waals surface area contributed by atoms with Crippen LogP contribution in [0.3, 0.4) is 0 Å². The van der Waals surface area contributed by atoms with Crippen LogP contribution < -0.4 is 15.2 Å². The second-order valence-corrected chi connectivity index (χ2v) is 5.09. The van der Waals surface area contributed by atoms with Gasteiger partial charge in [0.05, 0.1) is 14.2 Å². The van der Waals surface area contributed by atoms with Crippen molar-refractivity contribution >= 4 is 15.9 Å². The molecule has 0 aliphatic heterocycles. The van der Waals surface area contributed by atoms with Gasteiger partial charge in [-0.2, -0.15) is 0 Å². The Morgan fingerprint density at radius 1 is 1.25 bits per heavy atom. The summed E-state index contributed by atoms with van der Waals surface area (Å²) in [5.41, 5.74) is 7.04. The lowest BCUT2D eigenvalue weighted by atomic mass is 9.94. The van der Waals surface area contributed by atoms with Crippen molar-refractivity contribution in [3.63, 3.8) is 0 Å². The first-order valence-corrected chi connectivity index (χ1v) is 6.08. The molecule has 0 radical (unpaired) electrons. The average molecular weight is 286 g/mol. The normalized spacial score (nSPS) is 17.0. The largest absolute Gasteiger partial charge is 0.496 e. The van der Waals surface area contributed by atoms with Crippen LogP contribution in [0.1, 0.15) is 18.4 Å². The number of rotatable bonds is 4. The third-order valence-electron chi connectivity index (χ3n) is 3.25. The molecule has 0 aromatic heterocycles. The Hall–Kier alpha value is -0.740. The SMILES string of the molecule is COc1cc(Br)cc(OC)c1C1(CN)CC1. The zero-order valence-electron chi connectivity index (χ0n) is 9.55. The number of hydrogen-bond acceptors (Lipinski definition) is 3. The molecule has 0 amide bonds. The Morgan fingerprint density at radius 3 is 2.06 bits per heavy atom. The summed E-state index contributed by atoms with van der Waals surface area (Å²) in [7, 11) is 3.36. The fraction of sp³-hybridized carbons (Fsp3) is 0.500. The summed E-state index contributed by atoms with van der Waals surface area (Å²) in [6, 6.07) is 3.93. The minimum absolute atomic E-state index is 0.0669. The molecule has 88 valence electrons. The van der Waals surface area contributed by atoms with Crippen molar-refractivity contribution in [3.8, 4) is 11.5 Å². The summed E-state index contributed by atoms with van der Waals surface area (Å²) in [4.78, 5) is 0. The maximum atomic E-state index is 5.86. The highest BCUT2D eigenvalue weighted by Crippen LogP contribution is 2.54. The molecule has 1 aromatic rings. The Bertz CT molecular complexity index is 377. The molecule has 1 aliphatic carbocycles. The number of hydrogen-bond donors (Lipinski definition) is 1. The second-order valence-electron chi connectivity index (χ2n) is 4.17. The first-order chi connectivity index (χ1) is 7.66. The lowest BCUT2D eigenvalue weighted by Gasteiger charge is -2.20. The highest BCUT2D eigenvalue weighted by molar-refractivity contribution is 9.10. The van der Waals surface area contributed by atoms with Crippen molar-refractivity contribution < 1.29 is 9.47 Å². The third-order valence-corrected chi connectivity index (χ3v) is 3.70. The van der Waals surface area contributed by atoms with Crippen LogP contribution in [0.15, 0.2) is 16.6 Å². The average Bonchev–Trinajstić information content (AvgIpc) is 3.08. The maximum Gasteiger partial charge on any atom is 0.127 e. The highest BCUT2D eigenvalue weighted by atomic mass is 79.9. The summed E-state index contributed by atoms with van der Waals surface area (Å²) in [6.07, 6.45) is 2.22. The zero-order valence-corrected chi connectivity index (χ0v) is 11.1. The van der Waals surface area contributed by atoms with Gasteiger partial charge in [0.2, 0.25) is 0 Å². The van der Waals surface area contributed by atoms with E-state index in [1.54, 1.807) is 14.2 Å². The summed E-state index contributed by atoms with van der Waals surface area (Å²) < 4.78 is 11.8. The smallest absolute Gasteiger partial charge is 0.127 e. The van der Waals surface area contributed by atoms with Gasteiger partial charge in [-0.1, -0.05) is 15.9 Å². The van der Waals surface area contributed by atoms with Gasteiger partial charge in [-0.05, 0) is 25.0 Å². The zero-order chi connectivity index (χ0) is 11.8. The van der Waals surface area contributed by atoms with Crippen LogP contribution in [0.4, 0.5) is 0 Å². The molecule has 0 saturated heterocycles. The van der Waals surface area contributed by atoms with Gasteiger partial charge in [0, 0.05) is 22.0 Å². The predicted octanol–water partition coefficient (Wildman–Crippen LogP) is 2.46. The predicted molar refractivity (Wildman–Crippen MR) is 67.2 cm³/mol. The van der Waals surface area contributed by atoms with E-state index in [0.717, 1.165) is 34.4 Å². The molecule has 2 rings (SSSR count). The first kappa shape index (κ1) is 11.7. The van der Waals surface area contributed by atoms with Gasteiger partial charge < -0.3 is 15.2 Å². The van der Waals surface area contributed by atoms with E-state index in [0.29, 0.717) is 6.54 Å². The van der Waals surface area contributed by atoms with E-state index in [-0.39, 0.29) is 5.41 Å². The molecule has 2 N–H and O–H groups in total. The van der Waals surface area contributed by atoms with Crippen LogP contribution in [0.2, 0.25) is 0 Å². The van der Waals surface area contributed by atoms with E-state index in [1.807, 2.05) is 12.1 Å². The fourth-order valence-corrected chi connectivity index (χ4v) is 2.53. The van der Waals surface area contributed by atoms with Crippen molar-refractivity contribution in [2.75, 3.05) is 20.8 Å². The number of methoxy groups -OCH3 is 2. The summed E-state index contributed by atoms with van der Waals surface area (Å²) >= 11 is 3.45. The molecule has 0 unspecified atom stereocenters. The minimum Gasteiger partial charge on any atom is -0.496 e. The van der Waals surface area contributed by atoms with Crippen LogP contribution >= 0.6 is 15.9 Å². The fourth-order valence-electron chi connectivity index (χ4n) is 2.11. The number of benzene rings is 1. The van der Waals surface area contributed by atoms with E-state index >= 15 is 0 Å². The first-order valence-electron chi connectivity index (χ1n) is 5.29. The molecule has 1 aromatic carbocycles. The number of halogens is 1. The lowest BCUT2D eigenvalue weighted by Crippen LogP contribution is -2.21. The van der Waals surface area contributed by atoms with Crippen molar-refractivity contribution in [2.45, 2.75) is 18.3 Å². The standard InChI is InChI=1S/C12H16BrNO2/c1-15-9-5-8(13)6-10(16-2)11(9)12(7-14)3-4-12/h5-6H,3-4,7,14H2,1-2H3. The lowest BCUT2D eigenvalue weighted by molar-refractivity contribution is 0.376. The molecule has 1 aliphatic rings. The van der Waals surface area contributed by atoms with Crippen molar-refractivity contribution in [1.29, 1.82) is 0 Å². The van der Waals surface area contributed by atoms with Crippen molar-refractivity contribution in [1.82, 2.24) is 0 Å². The molecule has 0 spiro atoms. The molecule has 1 fully saturated rings. The molecule has 0 heterocycles. The number of nitrogens with two attached hydrogens (primary N) is 1. The van der Waals surface area contributed by atoms with E-state index in [4.69, 9.17) is 15.2 Å². The molecule has 0 atom stereocenters. The molecule has 3 nitrogen and oxygen atoms in total. The van der Waals surface area contributed by atoms with Gasteiger partial charge in [-0.25, -0.2) is 0 Å². The van der Waals surface area contributed by atoms with Gasteiger partial charge >= 0.3 is 0 Å². The van der Waals surface area contributed by atoms with E-state index in [9.17, 15) is 0 Å². The van der Waals surface area contributed by atoms with Crippen molar-refractivity contribution in [3.05, 3.63) is 22.2 Å². The molecule has 16 heavy (non-hydrogen) atoms. The van der Waals surface area contributed by atoms with Crippen LogP contribution in [-0.4, -0.2) is 20.8 Å². The molecular formula is C12H16BrNO2. The van der Waals surface area contributed by atoms with Gasteiger partial charge in [0.15, 0.2) is 0 Å². The molecule has 1 saturated carbocycles. The Labute approximate surface area is 104 Å². The summed E-state index contributed by atoms with van der Waals surface area (Å²) in [5, 5.41) is 0. The van der Waals surface area contributed by atoms with Crippen molar-refractivity contribution in [2.24, 2.45) is 5.73 Å². The van der Waals surface area contributed by atoms with Gasteiger partial charge in [-0.3, -0.25) is 0 Å². The summed E-state index contributed by atoms with van der Waals surface area (Å²) in [5.74, 6) is 1.71. The van der Waals surface area contributed by atoms with Crippen LogP contribution in [-0.2, 0) is 5.41 Å². The topological polar surface area (TPSA) is 44.5 Å². The molecule has 4 heteroatoms. The minimum atomic E-state index is 0.0669. The van der Waals surface area contributed by atoms with Gasteiger partial charge in [0.25, 0.3) is 0 Å². The Balaban J connectivity index is 2.56. The summed E-state index contributed by atoms with van der Waals surface area (Å²) in [6.45, 7) is 0.640. The highest BCUT2D eigenvalue weighted by Gasteiger charge is 2.47. The van der Waals surface area contributed by atoms with E-state index < -0.39 is 0 Å². The van der Waals surface area contributed by atoms with E-state index in [2.05, 4.69) is 15.9 Å². The van der Waals surface area contributed by atoms with E-state index in [1.165, 1.54) is 0 Å².